The first-order chi connectivity index (χ1) is 11.6. The Balaban J connectivity index is 1.63. The zero-order chi connectivity index (χ0) is 17.4. The minimum atomic E-state index is 0.00865. The topological polar surface area (TPSA) is 29.1 Å². The summed E-state index contributed by atoms with van der Waals surface area (Å²) in [5.74, 6) is 1.74. The van der Waals surface area contributed by atoms with Gasteiger partial charge in [-0.15, -0.1) is 0 Å². The summed E-state index contributed by atoms with van der Waals surface area (Å²) in [5, 5.41) is 4.88. The van der Waals surface area contributed by atoms with Crippen LogP contribution in [0.3, 0.4) is 0 Å². The van der Waals surface area contributed by atoms with Crippen LogP contribution >= 0.6 is 46.6 Å². The van der Waals surface area contributed by atoms with Crippen molar-refractivity contribution in [1.82, 2.24) is 5.32 Å². The molecule has 0 fully saturated rings. The lowest BCUT2D eigenvalue weighted by Gasteiger charge is -2.08. The number of halogens is 3. The fourth-order valence-corrected chi connectivity index (χ4v) is 3.78. The highest BCUT2D eigenvalue weighted by molar-refractivity contribution is 7.98. The molecule has 0 aliphatic carbocycles. The average Bonchev–Trinajstić information content (AvgIpc) is 2.54. The van der Waals surface area contributed by atoms with Gasteiger partial charge in [-0.3, -0.25) is 4.79 Å². The summed E-state index contributed by atoms with van der Waals surface area (Å²) < 4.78 is 0. The van der Waals surface area contributed by atoms with E-state index < -0.39 is 0 Å². The Labute approximate surface area is 161 Å². The second-order valence-electron chi connectivity index (χ2n) is 5.23. The molecule has 128 valence electrons. The molecule has 2 rings (SSSR count). The molecule has 0 aromatic heterocycles. The number of amides is 1. The van der Waals surface area contributed by atoms with Crippen molar-refractivity contribution < 1.29 is 4.79 Å². The third-order valence-electron chi connectivity index (χ3n) is 3.39. The molecule has 24 heavy (non-hydrogen) atoms. The lowest BCUT2D eigenvalue weighted by Crippen LogP contribution is -2.26. The largest absolute Gasteiger partial charge is 0.355 e. The van der Waals surface area contributed by atoms with E-state index in [-0.39, 0.29) is 5.91 Å². The van der Waals surface area contributed by atoms with Gasteiger partial charge in [-0.25, -0.2) is 0 Å². The third kappa shape index (κ3) is 6.56. The van der Waals surface area contributed by atoms with Crippen LogP contribution in [0.2, 0.25) is 15.1 Å². The Morgan fingerprint density at radius 3 is 2.46 bits per heavy atom. The highest BCUT2D eigenvalue weighted by Gasteiger charge is 2.08. The van der Waals surface area contributed by atoms with Crippen LogP contribution in [-0.4, -0.2) is 18.2 Å². The first kappa shape index (κ1) is 19.5. The SMILES string of the molecule is O=C(CCc1c(Cl)cccc1Cl)NCCSCc1cccc(Cl)c1. The molecular weight excluding hydrogens is 385 g/mol. The van der Waals surface area contributed by atoms with E-state index in [1.54, 1.807) is 30.0 Å². The molecule has 0 aliphatic rings. The van der Waals surface area contributed by atoms with Crippen molar-refractivity contribution in [3.8, 4) is 0 Å². The third-order valence-corrected chi connectivity index (χ3v) is 5.36. The minimum Gasteiger partial charge on any atom is -0.355 e. The second kappa shape index (κ2) is 10.2. The molecule has 2 aromatic rings. The van der Waals surface area contributed by atoms with Gasteiger partial charge >= 0.3 is 0 Å². The van der Waals surface area contributed by atoms with Crippen LogP contribution in [0, 0.1) is 0 Å². The van der Waals surface area contributed by atoms with Crippen LogP contribution in [0.15, 0.2) is 42.5 Å². The van der Waals surface area contributed by atoms with Crippen molar-refractivity contribution in [3.63, 3.8) is 0 Å². The van der Waals surface area contributed by atoms with Gasteiger partial charge in [0.25, 0.3) is 0 Å². The number of hydrogen-bond donors (Lipinski definition) is 1. The highest BCUT2D eigenvalue weighted by atomic mass is 35.5. The predicted octanol–water partition coefficient (Wildman–Crippen LogP) is 5.63. The monoisotopic (exact) mass is 401 g/mol. The lowest BCUT2D eigenvalue weighted by molar-refractivity contribution is -0.120. The van der Waals surface area contributed by atoms with Crippen LogP contribution in [-0.2, 0) is 17.0 Å². The van der Waals surface area contributed by atoms with Gasteiger partial charge in [0.15, 0.2) is 0 Å². The number of carbonyl (C=O) groups is 1. The molecule has 0 saturated carbocycles. The Morgan fingerprint density at radius 1 is 1.04 bits per heavy atom. The molecule has 0 atom stereocenters. The highest BCUT2D eigenvalue weighted by Crippen LogP contribution is 2.25. The van der Waals surface area contributed by atoms with Crippen molar-refractivity contribution in [3.05, 3.63) is 68.7 Å². The molecule has 2 nitrogen and oxygen atoms in total. The first-order valence-electron chi connectivity index (χ1n) is 7.58. The van der Waals surface area contributed by atoms with Gasteiger partial charge in [-0.1, -0.05) is 53.0 Å². The zero-order valence-electron chi connectivity index (χ0n) is 13.0. The summed E-state index contributed by atoms with van der Waals surface area (Å²) in [5.41, 5.74) is 2.01. The van der Waals surface area contributed by atoms with E-state index in [0.717, 1.165) is 22.1 Å². The number of benzene rings is 2. The van der Waals surface area contributed by atoms with E-state index in [9.17, 15) is 4.79 Å². The molecule has 0 aliphatic heterocycles. The molecule has 6 heteroatoms. The Morgan fingerprint density at radius 2 is 1.75 bits per heavy atom. The molecule has 1 amide bonds. The first-order valence-corrected chi connectivity index (χ1v) is 9.87. The normalized spacial score (nSPS) is 10.6. The Bertz CT molecular complexity index is 673. The molecule has 0 saturated heterocycles. The lowest BCUT2D eigenvalue weighted by atomic mass is 10.1. The molecule has 0 heterocycles. The quantitative estimate of drug-likeness (QED) is 0.580. The van der Waals surface area contributed by atoms with Crippen molar-refractivity contribution in [2.24, 2.45) is 0 Å². The fraction of sp³-hybridized carbons (Fsp3) is 0.278. The molecule has 2 aromatic carbocycles. The van der Waals surface area contributed by atoms with E-state index in [1.165, 1.54) is 5.56 Å². The van der Waals surface area contributed by atoms with Gasteiger partial charge in [0.2, 0.25) is 5.91 Å². The maximum Gasteiger partial charge on any atom is 0.220 e. The zero-order valence-corrected chi connectivity index (χ0v) is 16.1. The number of rotatable bonds is 8. The second-order valence-corrected chi connectivity index (χ2v) is 7.59. The standard InChI is InChI=1S/C18H18Cl3NOS/c19-14-4-1-3-13(11-14)12-24-10-9-22-18(23)8-7-15-16(20)5-2-6-17(15)21/h1-6,11H,7-10,12H2,(H,22,23). The predicted molar refractivity (Wildman–Crippen MR) is 105 cm³/mol. The molecule has 0 bridgehead atoms. The number of nitrogens with one attached hydrogen (secondary N) is 1. The van der Waals surface area contributed by atoms with Crippen LogP contribution in [0.4, 0.5) is 0 Å². The van der Waals surface area contributed by atoms with Crippen molar-refractivity contribution in [2.45, 2.75) is 18.6 Å². The van der Waals surface area contributed by atoms with Gasteiger partial charge in [0.05, 0.1) is 0 Å². The smallest absolute Gasteiger partial charge is 0.220 e. The van der Waals surface area contributed by atoms with Crippen molar-refractivity contribution in [1.29, 1.82) is 0 Å². The van der Waals surface area contributed by atoms with Crippen LogP contribution in [0.25, 0.3) is 0 Å². The summed E-state index contributed by atoms with van der Waals surface area (Å²) >= 11 is 19.9. The van der Waals surface area contributed by atoms with E-state index >= 15 is 0 Å². The van der Waals surface area contributed by atoms with Gasteiger partial charge < -0.3 is 5.32 Å². The summed E-state index contributed by atoms with van der Waals surface area (Å²) in [6.07, 6.45) is 0.919. The Hall–Kier alpha value is -0.870. The summed E-state index contributed by atoms with van der Waals surface area (Å²) in [6, 6.07) is 13.2. The van der Waals surface area contributed by atoms with Crippen LogP contribution in [0.1, 0.15) is 17.5 Å². The molecule has 1 N–H and O–H groups in total. The number of carbonyl (C=O) groups excluding carboxylic acids is 1. The molecular formula is C18H18Cl3NOS. The van der Waals surface area contributed by atoms with Crippen molar-refractivity contribution in [2.75, 3.05) is 12.3 Å². The number of thioether (sulfide) groups is 1. The number of hydrogen-bond acceptors (Lipinski definition) is 2. The maximum atomic E-state index is 11.9. The van der Waals surface area contributed by atoms with Crippen LogP contribution in [0.5, 0.6) is 0 Å². The average molecular weight is 403 g/mol. The van der Waals surface area contributed by atoms with Gasteiger partial charge in [0, 0.05) is 39.5 Å². The van der Waals surface area contributed by atoms with E-state index in [4.69, 9.17) is 34.8 Å². The maximum absolute atomic E-state index is 11.9. The summed E-state index contributed by atoms with van der Waals surface area (Å²) in [7, 11) is 0. The van der Waals surface area contributed by atoms with Crippen LogP contribution < -0.4 is 5.32 Å². The van der Waals surface area contributed by atoms with E-state index in [1.807, 2.05) is 24.3 Å². The van der Waals surface area contributed by atoms with E-state index in [2.05, 4.69) is 5.32 Å². The summed E-state index contributed by atoms with van der Waals surface area (Å²) in [6.45, 7) is 0.639. The molecule has 0 spiro atoms. The minimum absolute atomic E-state index is 0.00865. The van der Waals surface area contributed by atoms with Gasteiger partial charge in [-0.05, 0) is 41.8 Å². The van der Waals surface area contributed by atoms with Gasteiger partial charge in [-0.2, -0.15) is 11.8 Å². The van der Waals surface area contributed by atoms with E-state index in [0.29, 0.717) is 29.4 Å². The fourth-order valence-electron chi connectivity index (χ4n) is 2.18. The Kier molecular flexibility index (Phi) is 8.26. The van der Waals surface area contributed by atoms with Crippen molar-refractivity contribution >= 4 is 52.5 Å². The summed E-state index contributed by atoms with van der Waals surface area (Å²) in [4.78, 5) is 11.9. The molecule has 0 unspecified atom stereocenters. The molecule has 0 radical (unpaired) electrons. The van der Waals surface area contributed by atoms with Gasteiger partial charge in [0.1, 0.15) is 0 Å².